The minimum Gasteiger partial charge on any atom is -0.306 e. The summed E-state index contributed by atoms with van der Waals surface area (Å²) in [6.45, 7) is 0. The molecular weight excluding hydrogens is 290 g/mol. The highest BCUT2D eigenvalue weighted by molar-refractivity contribution is 5.79. The Hall–Kier alpha value is -2.45. The van der Waals surface area contributed by atoms with Crippen LogP contribution in [0.5, 0.6) is 0 Å². The first-order valence-electron chi connectivity index (χ1n) is 6.67. The van der Waals surface area contributed by atoms with Crippen LogP contribution in [0.15, 0.2) is 30.3 Å². The molecule has 0 bridgehead atoms. The summed E-state index contributed by atoms with van der Waals surface area (Å²) in [6, 6.07) is 8.69. The molecule has 1 aromatic carbocycles. The highest BCUT2D eigenvalue weighted by Crippen LogP contribution is 2.06. The smallest absolute Gasteiger partial charge is 0.306 e. The first-order chi connectivity index (χ1) is 10.4. The Kier molecular flexibility index (Phi) is 6.48. The zero-order chi connectivity index (χ0) is 16.6. The van der Waals surface area contributed by atoms with Gasteiger partial charge in [0.05, 0.1) is 6.42 Å². The average Bonchev–Trinajstić information content (AvgIpc) is 2.57. The van der Waals surface area contributed by atoms with Crippen molar-refractivity contribution in [2.75, 3.05) is 21.1 Å². The van der Waals surface area contributed by atoms with Crippen molar-refractivity contribution in [3.8, 4) is 0 Å². The molecular formula is C14H20N3O5+. The van der Waals surface area contributed by atoms with Gasteiger partial charge in [0.15, 0.2) is 0 Å². The molecule has 0 fully saturated rings. The summed E-state index contributed by atoms with van der Waals surface area (Å²) in [5.41, 5.74) is 3.43. The maximum absolute atomic E-state index is 11.8. The second-order valence-corrected chi connectivity index (χ2v) is 4.58. The lowest BCUT2D eigenvalue weighted by atomic mass is 10.1. The van der Waals surface area contributed by atoms with Crippen LogP contribution in [-0.2, 0) is 21.0 Å². The Labute approximate surface area is 128 Å². The fourth-order valence-corrected chi connectivity index (χ4v) is 1.59. The molecule has 8 heteroatoms. The molecule has 2 N–H and O–H groups in total. The number of quaternary nitrogens is 1. The first-order valence-corrected chi connectivity index (χ1v) is 6.67. The third-order valence-corrected chi connectivity index (χ3v) is 3.10. The third-order valence-electron chi connectivity index (χ3n) is 3.10. The number of aryl methyl sites for hydroxylation is 1. The van der Waals surface area contributed by atoms with E-state index in [0.717, 1.165) is 5.56 Å². The topological polar surface area (TPSA) is 93.7 Å². The standard InChI is InChI=1S/C14H19N3O5/c1-15-13(19)17(3,16-2)14(20)22-21-12(18)10-9-11-7-5-4-6-8-11/h4-8,16H,9-10H2,1-3H3/p+1. The highest BCUT2D eigenvalue weighted by atomic mass is 17.2. The van der Waals surface area contributed by atoms with Gasteiger partial charge in [-0.15, -0.1) is 0 Å². The average molecular weight is 310 g/mol. The lowest BCUT2D eigenvalue weighted by Gasteiger charge is -2.23. The quantitative estimate of drug-likeness (QED) is 0.492. The lowest BCUT2D eigenvalue weighted by Crippen LogP contribution is -2.64. The molecule has 0 aliphatic carbocycles. The van der Waals surface area contributed by atoms with Gasteiger partial charge in [0.2, 0.25) is 0 Å². The maximum atomic E-state index is 11.8. The van der Waals surface area contributed by atoms with Crippen molar-refractivity contribution in [2.24, 2.45) is 0 Å². The van der Waals surface area contributed by atoms with Crippen molar-refractivity contribution in [3.63, 3.8) is 0 Å². The van der Waals surface area contributed by atoms with Crippen LogP contribution in [0.1, 0.15) is 12.0 Å². The highest BCUT2D eigenvalue weighted by Gasteiger charge is 2.43. The molecule has 1 rings (SSSR count). The summed E-state index contributed by atoms with van der Waals surface area (Å²) in [5, 5.41) is 2.30. The molecule has 0 saturated heterocycles. The monoisotopic (exact) mass is 310 g/mol. The largest absolute Gasteiger partial charge is 0.586 e. The van der Waals surface area contributed by atoms with Gasteiger partial charge < -0.3 is 5.32 Å². The molecule has 0 aromatic heterocycles. The minimum absolute atomic E-state index is 0.0561. The minimum atomic E-state index is -1.06. The van der Waals surface area contributed by atoms with E-state index in [-0.39, 0.29) is 6.42 Å². The Balaban J connectivity index is 2.46. The van der Waals surface area contributed by atoms with E-state index in [1.54, 1.807) is 0 Å². The van der Waals surface area contributed by atoms with Crippen molar-refractivity contribution in [3.05, 3.63) is 35.9 Å². The summed E-state index contributed by atoms with van der Waals surface area (Å²) in [5.74, 6) is -0.697. The van der Waals surface area contributed by atoms with Gasteiger partial charge in [-0.1, -0.05) is 34.9 Å². The number of benzene rings is 1. The summed E-state index contributed by atoms with van der Waals surface area (Å²) < 4.78 is -0.914. The summed E-state index contributed by atoms with van der Waals surface area (Å²) in [6.07, 6.45) is -0.541. The maximum Gasteiger partial charge on any atom is 0.586 e. The van der Waals surface area contributed by atoms with Gasteiger partial charge in [-0.3, -0.25) is 0 Å². The fraction of sp³-hybridized carbons (Fsp3) is 0.357. The van der Waals surface area contributed by atoms with E-state index in [2.05, 4.69) is 20.5 Å². The number of imide groups is 1. The predicted octanol–water partition coefficient (Wildman–Crippen LogP) is 1.13. The number of amides is 3. The molecule has 0 heterocycles. The van der Waals surface area contributed by atoms with E-state index in [4.69, 9.17) is 0 Å². The normalized spacial score (nSPS) is 12.9. The molecule has 1 atom stereocenters. The number of carbonyl (C=O) groups is 3. The van der Waals surface area contributed by atoms with Crippen molar-refractivity contribution in [1.82, 2.24) is 10.7 Å². The number of urea groups is 1. The van der Waals surface area contributed by atoms with Crippen molar-refractivity contribution in [2.45, 2.75) is 12.8 Å². The van der Waals surface area contributed by atoms with Gasteiger partial charge in [-0.2, -0.15) is 15.1 Å². The SMILES string of the molecule is CNC(=O)[N+](C)(NC)C(=O)OOC(=O)CCc1ccccc1. The molecule has 0 saturated carbocycles. The van der Waals surface area contributed by atoms with Crippen LogP contribution < -0.4 is 10.7 Å². The van der Waals surface area contributed by atoms with Gasteiger partial charge in [0, 0.05) is 14.1 Å². The zero-order valence-corrected chi connectivity index (χ0v) is 12.8. The fourth-order valence-electron chi connectivity index (χ4n) is 1.59. The molecule has 120 valence electrons. The Morgan fingerprint density at radius 1 is 1.09 bits per heavy atom. The summed E-state index contributed by atoms with van der Waals surface area (Å²) in [4.78, 5) is 43.9. The molecule has 1 unspecified atom stereocenters. The first kappa shape index (κ1) is 17.6. The van der Waals surface area contributed by atoms with Crippen LogP contribution in [0, 0.1) is 0 Å². The number of carbonyl (C=O) groups excluding carboxylic acids is 3. The van der Waals surface area contributed by atoms with Crippen LogP contribution in [0.25, 0.3) is 0 Å². The predicted molar refractivity (Wildman–Crippen MR) is 77.0 cm³/mol. The van der Waals surface area contributed by atoms with E-state index in [1.165, 1.54) is 21.1 Å². The molecule has 0 aliphatic heterocycles. The van der Waals surface area contributed by atoms with Gasteiger partial charge >= 0.3 is 18.1 Å². The molecule has 3 amide bonds. The number of nitrogens with zero attached hydrogens (tertiary/aromatic N) is 1. The molecule has 8 nitrogen and oxygen atoms in total. The molecule has 1 aromatic rings. The number of rotatable bonds is 4. The molecule has 22 heavy (non-hydrogen) atoms. The van der Waals surface area contributed by atoms with E-state index >= 15 is 0 Å². The number of nitrogens with one attached hydrogen (secondary N) is 2. The summed E-state index contributed by atoms with van der Waals surface area (Å²) in [7, 11) is 4.03. The van der Waals surface area contributed by atoms with Crippen molar-refractivity contribution < 1.29 is 28.8 Å². The van der Waals surface area contributed by atoms with Crippen molar-refractivity contribution in [1.29, 1.82) is 0 Å². The Morgan fingerprint density at radius 2 is 1.73 bits per heavy atom. The van der Waals surface area contributed by atoms with Crippen LogP contribution >= 0.6 is 0 Å². The second-order valence-electron chi connectivity index (χ2n) is 4.58. The number of hydrogen-bond acceptors (Lipinski definition) is 6. The Bertz CT molecular complexity index is 535. The van der Waals surface area contributed by atoms with Crippen LogP contribution in [0.3, 0.4) is 0 Å². The van der Waals surface area contributed by atoms with Crippen LogP contribution in [0.2, 0.25) is 0 Å². The van der Waals surface area contributed by atoms with E-state index in [9.17, 15) is 14.4 Å². The zero-order valence-electron chi connectivity index (χ0n) is 12.8. The molecule has 0 radical (unpaired) electrons. The van der Waals surface area contributed by atoms with Crippen LogP contribution in [-0.4, -0.2) is 43.8 Å². The molecule has 0 spiro atoms. The molecule has 0 aliphatic rings. The van der Waals surface area contributed by atoms with Crippen molar-refractivity contribution >= 4 is 18.1 Å². The third kappa shape index (κ3) is 4.54. The van der Waals surface area contributed by atoms with Gasteiger partial charge in [-0.05, 0) is 12.0 Å². The summed E-state index contributed by atoms with van der Waals surface area (Å²) >= 11 is 0. The van der Waals surface area contributed by atoms with Gasteiger partial charge in [0.1, 0.15) is 7.05 Å². The Morgan fingerprint density at radius 3 is 2.27 bits per heavy atom. The van der Waals surface area contributed by atoms with Gasteiger partial charge in [0.25, 0.3) is 0 Å². The van der Waals surface area contributed by atoms with E-state index < -0.39 is 22.7 Å². The van der Waals surface area contributed by atoms with Crippen LogP contribution in [0.4, 0.5) is 9.59 Å². The van der Waals surface area contributed by atoms with E-state index in [0.29, 0.717) is 6.42 Å². The van der Waals surface area contributed by atoms with Gasteiger partial charge in [-0.25, -0.2) is 14.5 Å². The lowest BCUT2D eigenvalue weighted by molar-refractivity contribution is -0.805. The number of hydrogen-bond donors (Lipinski definition) is 2. The van der Waals surface area contributed by atoms with E-state index in [1.807, 2.05) is 30.3 Å². The second kappa shape index (κ2) is 8.11.